The molecule has 12 heteroatoms. The summed E-state index contributed by atoms with van der Waals surface area (Å²) in [4.78, 5) is 18.8. The van der Waals surface area contributed by atoms with E-state index < -0.39 is 25.1 Å². The number of rotatable bonds is 6. The number of hydrogen-bond donors (Lipinski definition) is 0. The van der Waals surface area contributed by atoms with Crippen LogP contribution in [-0.4, -0.2) is 79.9 Å². The number of carbonyl (C=O) groups excluding carboxylic acids is 1. The number of aromatic nitrogens is 1. The molecule has 1 unspecified atom stereocenters. The third-order valence-corrected chi connectivity index (χ3v) is 10.8. The summed E-state index contributed by atoms with van der Waals surface area (Å²) in [5, 5.41) is 2.04. The van der Waals surface area contributed by atoms with Gasteiger partial charge in [0.2, 0.25) is 10.0 Å². The Bertz CT molecular complexity index is 1180. The summed E-state index contributed by atoms with van der Waals surface area (Å²) in [5.41, 5.74) is 1.36. The number of piperazine rings is 1. The topological polar surface area (TPSA) is 114 Å². The van der Waals surface area contributed by atoms with Crippen LogP contribution in [0.25, 0.3) is 0 Å². The van der Waals surface area contributed by atoms with E-state index in [2.05, 4.69) is 4.98 Å². The van der Waals surface area contributed by atoms with Crippen LogP contribution in [0.15, 0.2) is 29.6 Å². The molecule has 32 heavy (non-hydrogen) atoms. The van der Waals surface area contributed by atoms with E-state index in [-0.39, 0.29) is 50.0 Å². The molecule has 4 rings (SSSR count). The molecule has 1 aromatic carbocycles. The van der Waals surface area contributed by atoms with Gasteiger partial charge in [-0.25, -0.2) is 21.8 Å². The van der Waals surface area contributed by atoms with E-state index in [1.54, 1.807) is 40.5 Å². The molecular weight excluding hydrogens is 474 g/mol. The Morgan fingerprint density at radius 1 is 1.19 bits per heavy atom. The van der Waals surface area contributed by atoms with Crippen molar-refractivity contribution in [3.8, 4) is 5.75 Å². The molecule has 0 bridgehead atoms. The highest BCUT2D eigenvalue weighted by Crippen LogP contribution is 2.24. The van der Waals surface area contributed by atoms with Crippen molar-refractivity contribution in [2.45, 2.75) is 25.2 Å². The minimum atomic E-state index is -3.68. The molecule has 0 saturated carbocycles. The molecule has 1 atom stereocenters. The summed E-state index contributed by atoms with van der Waals surface area (Å²) < 4.78 is 55.9. The molecule has 2 aromatic rings. The first-order chi connectivity index (χ1) is 15.1. The van der Waals surface area contributed by atoms with Crippen molar-refractivity contribution in [3.05, 3.63) is 45.9 Å². The second-order valence-corrected chi connectivity index (χ2v) is 13.4. The molecule has 0 N–H and O–H groups in total. The number of aryl methyl sites for hydroxylation is 1. The van der Waals surface area contributed by atoms with Gasteiger partial charge in [0.1, 0.15) is 12.4 Å². The summed E-state index contributed by atoms with van der Waals surface area (Å²) in [7, 11) is -6.97. The van der Waals surface area contributed by atoms with Gasteiger partial charge in [-0.3, -0.25) is 4.79 Å². The fourth-order valence-corrected chi connectivity index (χ4v) is 8.97. The fraction of sp³-hybridized carbons (Fsp3) is 0.500. The normalized spacial score (nSPS) is 21.5. The zero-order chi connectivity index (χ0) is 22.9. The van der Waals surface area contributed by atoms with Crippen molar-refractivity contribution in [2.75, 3.05) is 37.7 Å². The largest absolute Gasteiger partial charge is 0.487 e. The molecule has 0 aliphatic carbocycles. The molecule has 9 nitrogen and oxygen atoms in total. The maximum Gasteiger partial charge on any atom is 0.253 e. The maximum atomic E-state index is 12.8. The number of hydrogen-bond acceptors (Lipinski definition) is 8. The summed E-state index contributed by atoms with van der Waals surface area (Å²) >= 11 is 1.56. The first-order valence-corrected chi connectivity index (χ1v) is 14.5. The molecule has 2 saturated heterocycles. The van der Waals surface area contributed by atoms with E-state index >= 15 is 0 Å². The van der Waals surface area contributed by atoms with E-state index in [4.69, 9.17) is 4.74 Å². The lowest BCUT2D eigenvalue weighted by Gasteiger charge is -2.35. The summed E-state index contributed by atoms with van der Waals surface area (Å²) in [5.74, 6) is 0.0606. The predicted octanol–water partition coefficient (Wildman–Crippen LogP) is 1.31. The van der Waals surface area contributed by atoms with Crippen LogP contribution in [0.1, 0.15) is 27.5 Å². The van der Waals surface area contributed by atoms with Crippen LogP contribution >= 0.6 is 11.3 Å². The molecular formula is C20H25N3O6S3. The van der Waals surface area contributed by atoms with Crippen LogP contribution in [0.4, 0.5) is 0 Å². The Hall–Kier alpha value is -2.02. The minimum Gasteiger partial charge on any atom is -0.487 e. The number of sulfone groups is 1. The number of carbonyl (C=O) groups is 1. The third-order valence-electron chi connectivity index (χ3n) is 5.65. The van der Waals surface area contributed by atoms with E-state index in [0.717, 1.165) is 10.7 Å². The predicted molar refractivity (Wildman–Crippen MR) is 121 cm³/mol. The van der Waals surface area contributed by atoms with Crippen LogP contribution < -0.4 is 4.74 Å². The van der Waals surface area contributed by atoms with Crippen LogP contribution in [0.5, 0.6) is 5.75 Å². The highest BCUT2D eigenvalue weighted by Gasteiger charge is 2.41. The van der Waals surface area contributed by atoms with Crippen LogP contribution in [0, 0.1) is 6.92 Å². The smallest absolute Gasteiger partial charge is 0.253 e. The number of sulfonamides is 1. The lowest BCUT2D eigenvalue weighted by atomic mass is 10.2. The van der Waals surface area contributed by atoms with E-state index in [9.17, 15) is 21.6 Å². The number of thiazole rings is 1. The van der Waals surface area contributed by atoms with E-state index in [1.807, 2.05) is 12.3 Å². The van der Waals surface area contributed by atoms with Crippen LogP contribution in [0.3, 0.4) is 0 Å². The quantitative estimate of drug-likeness (QED) is 0.589. The molecule has 2 aliphatic heterocycles. The Labute approximate surface area is 192 Å². The molecule has 1 aromatic heterocycles. The van der Waals surface area contributed by atoms with Crippen molar-refractivity contribution in [1.29, 1.82) is 0 Å². The fourth-order valence-electron chi connectivity index (χ4n) is 3.86. The van der Waals surface area contributed by atoms with Crippen molar-refractivity contribution >= 4 is 37.1 Å². The highest BCUT2D eigenvalue weighted by atomic mass is 32.2. The average molecular weight is 500 g/mol. The molecule has 3 heterocycles. The summed E-state index contributed by atoms with van der Waals surface area (Å²) in [6.45, 7) is 3.15. The minimum absolute atomic E-state index is 0.0848. The Kier molecular flexibility index (Phi) is 6.57. The van der Waals surface area contributed by atoms with Crippen LogP contribution in [-0.2, 0) is 26.5 Å². The van der Waals surface area contributed by atoms with E-state index in [0.29, 0.717) is 17.9 Å². The number of nitrogens with zero attached hydrogens (tertiary/aromatic N) is 3. The van der Waals surface area contributed by atoms with Gasteiger partial charge < -0.3 is 9.64 Å². The lowest BCUT2D eigenvalue weighted by Crippen LogP contribution is -2.52. The zero-order valence-corrected chi connectivity index (χ0v) is 20.1. The summed E-state index contributed by atoms with van der Waals surface area (Å²) in [6, 6.07) is 6.84. The molecule has 2 aliphatic rings. The maximum absolute atomic E-state index is 12.8. The number of benzene rings is 1. The van der Waals surface area contributed by atoms with Crippen LogP contribution in [0.2, 0.25) is 0 Å². The third kappa shape index (κ3) is 5.13. The molecule has 1 amide bonds. The van der Waals surface area contributed by atoms with Gasteiger partial charge in [-0.05, 0) is 37.6 Å². The zero-order valence-electron chi connectivity index (χ0n) is 17.6. The second-order valence-electron chi connectivity index (χ2n) is 7.93. The standard InChI is InChI=1S/C20H25N3O6S3/c1-15-21-17(13-30-15)12-29-18-4-2-16(3-5-18)20(24)22-7-9-23(10-8-22)32(27,28)19-6-11-31(25,26)14-19/h2-5,13,19H,6-12,14H2,1H3. The molecule has 0 radical (unpaired) electrons. The Morgan fingerprint density at radius 2 is 1.88 bits per heavy atom. The Balaban J connectivity index is 1.31. The van der Waals surface area contributed by atoms with Gasteiger partial charge in [0.25, 0.3) is 5.91 Å². The van der Waals surface area contributed by atoms with Gasteiger partial charge >= 0.3 is 0 Å². The second kappa shape index (κ2) is 9.08. The number of amides is 1. The SMILES string of the molecule is Cc1nc(COc2ccc(C(=O)N3CCN(S(=O)(=O)C4CCS(=O)(=O)C4)CC3)cc2)cs1. The Morgan fingerprint density at radius 3 is 2.44 bits per heavy atom. The van der Waals surface area contributed by atoms with Gasteiger partial charge in [0.15, 0.2) is 9.84 Å². The monoisotopic (exact) mass is 499 g/mol. The van der Waals surface area contributed by atoms with Crippen molar-refractivity contribution in [1.82, 2.24) is 14.2 Å². The van der Waals surface area contributed by atoms with E-state index in [1.165, 1.54) is 4.31 Å². The summed E-state index contributed by atoms with van der Waals surface area (Å²) in [6.07, 6.45) is 0.139. The molecule has 2 fully saturated rings. The first kappa shape index (κ1) is 23.1. The number of ether oxygens (including phenoxy) is 1. The van der Waals surface area contributed by atoms with Crippen molar-refractivity contribution in [2.24, 2.45) is 0 Å². The van der Waals surface area contributed by atoms with Gasteiger partial charge in [-0.1, -0.05) is 0 Å². The van der Waals surface area contributed by atoms with Crippen molar-refractivity contribution < 1.29 is 26.4 Å². The highest BCUT2D eigenvalue weighted by molar-refractivity contribution is 7.95. The van der Waals surface area contributed by atoms with Gasteiger partial charge in [0.05, 0.1) is 27.5 Å². The van der Waals surface area contributed by atoms with Gasteiger partial charge in [-0.15, -0.1) is 11.3 Å². The first-order valence-electron chi connectivity index (χ1n) is 10.3. The molecule has 0 spiro atoms. The van der Waals surface area contributed by atoms with Gasteiger partial charge in [-0.2, -0.15) is 4.31 Å². The van der Waals surface area contributed by atoms with Gasteiger partial charge in [0, 0.05) is 37.1 Å². The van der Waals surface area contributed by atoms with Crippen molar-refractivity contribution in [3.63, 3.8) is 0 Å². The molecule has 174 valence electrons. The average Bonchev–Trinajstić information content (AvgIpc) is 3.37. The lowest BCUT2D eigenvalue weighted by molar-refractivity contribution is 0.0697.